The smallest absolute Gasteiger partial charge is 0.0540 e. The normalized spacial score (nSPS) is 12.8. The molecular formula is C17H37NO. The molecule has 0 aliphatic heterocycles. The van der Waals surface area contributed by atoms with E-state index in [1.165, 1.54) is 70.6 Å². The molecule has 0 aliphatic rings. The lowest BCUT2D eigenvalue weighted by molar-refractivity contribution is 0.147. The van der Waals surface area contributed by atoms with Crippen molar-refractivity contribution >= 4 is 0 Å². The second-order valence-corrected chi connectivity index (χ2v) is 5.87. The molecule has 0 bridgehead atoms. The fraction of sp³-hybridized carbons (Fsp3) is 1.00. The lowest BCUT2D eigenvalue weighted by atomic mass is 10.0. The molecule has 0 saturated carbocycles. The molecule has 1 atom stereocenters. The number of hydrogen-bond acceptors (Lipinski definition) is 2. The zero-order valence-corrected chi connectivity index (χ0v) is 13.4. The van der Waals surface area contributed by atoms with Crippen molar-refractivity contribution in [2.24, 2.45) is 0 Å². The number of rotatable bonds is 15. The van der Waals surface area contributed by atoms with Gasteiger partial charge in [0.1, 0.15) is 0 Å². The minimum atomic E-state index is -0.0362. The van der Waals surface area contributed by atoms with Crippen LogP contribution in [0.15, 0.2) is 0 Å². The van der Waals surface area contributed by atoms with Crippen LogP contribution < -0.4 is 5.32 Å². The summed E-state index contributed by atoms with van der Waals surface area (Å²) in [4.78, 5) is 0. The van der Waals surface area contributed by atoms with Crippen LogP contribution in [0.4, 0.5) is 0 Å². The van der Waals surface area contributed by atoms with Gasteiger partial charge in [0.05, 0.1) is 6.10 Å². The van der Waals surface area contributed by atoms with E-state index in [4.69, 9.17) is 0 Å². The van der Waals surface area contributed by atoms with Crippen molar-refractivity contribution in [2.45, 2.75) is 96.5 Å². The molecule has 1 unspecified atom stereocenters. The van der Waals surface area contributed by atoms with Crippen LogP contribution in [0.1, 0.15) is 90.4 Å². The van der Waals surface area contributed by atoms with Gasteiger partial charge in [-0.05, 0) is 32.9 Å². The van der Waals surface area contributed by atoms with Crippen molar-refractivity contribution in [3.63, 3.8) is 0 Å². The molecule has 19 heavy (non-hydrogen) atoms. The number of hydrogen-bond donors (Lipinski definition) is 2. The number of aliphatic hydroxyl groups excluding tert-OH is 1. The standard InChI is InChI=1S/C17H37NO/c1-3-4-5-8-11-14-17(19)15-12-9-6-7-10-13-16-18-2/h17-19H,3-16H2,1-2H3. The molecule has 2 heteroatoms. The van der Waals surface area contributed by atoms with Gasteiger partial charge in [-0.2, -0.15) is 0 Å². The first-order valence-corrected chi connectivity index (χ1v) is 8.64. The molecule has 0 aromatic carbocycles. The van der Waals surface area contributed by atoms with Crippen LogP contribution in [0.2, 0.25) is 0 Å². The van der Waals surface area contributed by atoms with Crippen molar-refractivity contribution in [1.29, 1.82) is 0 Å². The van der Waals surface area contributed by atoms with Gasteiger partial charge in [-0.3, -0.25) is 0 Å². The number of nitrogens with one attached hydrogen (secondary N) is 1. The Bertz CT molecular complexity index is 161. The largest absolute Gasteiger partial charge is 0.393 e. The Morgan fingerprint density at radius 3 is 1.74 bits per heavy atom. The highest BCUT2D eigenvalue weighted by Crippen LogP contribution is 2.13. The van der Waals surface area contributed by atoms with Crippen molar-refractivity contribution in [3.05, 3.63) is 0 Å². The predicted octanol–water partition coefficient (Wildman–Crippen LogP) is 4.66. The summed E-state index contributed by atoms with van der Waals surface area (Å²) in [5.74, 6) is 0. The first kappa shape index (κ1) is 18.9. The minimum Gasteiger partial charge on any atom is -0.393 e. The van der Waals surface area contributed by atoms with Crippen LogP contribution in [0, 0.1) is 0 Å². The van der Waals surface area contributed by atoms with E-state index >= 15 is 0 Å². The summed E-state index contributed by atoms with van der Waals surface area (Å²) in [5.41, 5.74) is 0. The Balaban J connectivity index is 3.09. The Morgan fingerprint density at radius 1 is 0.737 bits per heavy atom. The number of aliphatic hydroxyl groups is 1. The molecule has 0 amide bonds. The minimum absolute atomic E-state index is 0.0362. The maximum Gasteiger partial charge on any atom is 0.0540 e. The lowest BCUT2D eigenvalue weighted by Crippen LogP contribution is -2.07. The predicted molar refractivity (Wildman–Crippen MR) is 85.6 cm³/mol. The lowest BCUT2D eigenvalue weighted by Gasteiger charge is -2.10. The topological polar surface area (TPSA) is 32.3 Å². The zero-order valence-electron chi connectivity index (χ0n) is 13.4. The van der Waals surface area contributed by atoms with Crippen LogP contribution in [0.25, 0.3) is 0 Å². The van der Waals surface area contributed by atoms with Gasteiger partial charge in [-0.15, -0.1) is 0 Å². The molecule has 0 rings (SSSR count). The van der Waals surface area contributed by atoms with E-state index in [1.54, 1.807) is 0 Å². The third-order valence-corrected chi connectivity index (χ3v) is 3.86. The van der Waals surface area contributed by atoms with Crippen LogP contribution in [-0.2, 0) is 0 Å². The van der Waals surface area contributed by atoms with Gasteiger partial charge >= 0.3 is 0 Å². The fourth-order valence-electron chi connectivity index (χ4n) is 2.52. The van der Waals surface area contributed by atoms with Crippen molar-refractivity contribution < 1.29 is 5.11 Å². The van der Waals surface area contributed by atoms with Gasteiger partial charge in [0, 0.05) is 0 Å². The fourth-order valence-corrected chi connectivity index (χ4v) is 2.52. The molecule has 0 spiro atoms. The van der Waals surface area contributed by atoms with Crippen LogP contribution in [0.3, 0.4) is 0 Å². The third kappa shape index (κ3) is 15.9. The van der Waals surface area contributed by atoms with Crippen LogP contribution in [-0.4, -0.2) is 24.8 Å². The monoisotopic (exact) mass is 271 g/mol. The molecule has 0 saturated heterocycles. The van der Waals surface area contributed by atoms with E-state index in [2.05, 4.69) is 12.2 Å². The highest BCUT2D eigenvalue weighted by Gasteiger charge is 2.03. The maximum absolute atomic E-state index is 9.87. The summed E-state index contributed by atoms with van der Waals surface area (Å²) in [6, 6.07) is 0. The molecule has 0 aromatic heterocycles. The average molecular weight is 271 g/mol. The summed E-state index contributed by atoms with van der Waals surface area (Å²) >= 11 is 0. The van der Waals surface area contributed by atoms with Gasteiger partial charge in [-0.1, -0.05) is 71.1 Å². The second kappa shape index (κ2) is 16.0. The number of unbranched alkanes of at least 4 members (excludes halogenated alkanes) is 9. The van der Waals surface area contributed by atoms with Gasteiger partial charge in [0.25, 0.3) is 0 Å². The molecule has 0 radical (unpaired) electrons. The van der Waals surface area contributed by atoms with Crippen LogP contribution in [0.5, 0.6) is 0 Å². The van der Waals surface area contributed by atoms with E-state index in [1.807, 2.05) is 7.05 Å². The Morgan fingerprint density at radius 2 is 1.21 bits per heavy atom. The SMILES string of the molecule is CCCCCCCC(O)CCCCCCCCNC. The summed E-state index contributed by atoms with van der Waals surface area (Å²) in [6.07, 6.45) is 16.4. The quantitative estimate of drug-likeness (QED) is 0.425. The second-order valence-electron chi connectivity index (χ2n) is 5.87. The Labute approximate surface area is 121 Å². The van der Waals surface area contributed by atoms with Crippen molar-refractivity contribution in [1.82, 2.24) is 5.32 Å². The maximum atomic E-state index is 9.87. The molecule has 116 valence electrons. The van der Waals surface area contributed by atoms with Gasteiger partial charge in [0.2, 0.25) is 0 Å². The molecule has 0 heterocycles. The molecule has 2 nitrogen and oxygen atoms in total. The van der Waals surface area contributed by atoms with E-state index in [9.17, 15) is 5.11 Å². The van der Waals surface area contributed by atoms with E-state index < -0.39 is 0 Å². The van der Waals surface area contributed by atoms with Gasteiger partial charge in [-0.25, -0.2) is 0 Å². The van der Waals surface area contributed by atoms with E-state index in [0.29, 0.717) is 0 Å². The zero-order chi connectivity index (χ0) is 14.2. The van der Waals surface area contributed by atoms with Crippen molar-refractivity contribution in [3.8, 4) is 0 Å². The summed E-state index contributed by atoms with van der Waals surface area (Å²) < 4.78 is 0. The Kier molecular flexibility index (Phi) is 15.9. The average Bonchev–Trinajstić information content (AvgIpc) is 2.41. The summed E-state index contributed by atoms with van der Waals surface area (Å²) in [6.45, 7) is 3.39. The van der Waals surface area contributed by atoms with Gasteiger partial charge in [0.15, 0.2) is 0 Å². The Hall–Kier alpha value is -0.0800. The van der Waals surface area contributed by atoms with Crippen LogP contribution >= 0.6 is 0 Å². The first-order chi connectivity index (χ1) is 9.31. The molecule has 2 N–H and O–H groups in total. The molecule has 0 aliphatic carbocycles. The highest BCUT2D eigenvalue weighted by atomic mass is 16.3. The van der Waals surface area contributed by atoms with Gasteiger partial charge < -0.3 is 10.4 Å². The highest BCUT2D eigenvalue weighted by molar-refractivity contribution is 4.57. The van der Waals surface area contributed by atoms with E-state index in [0.717, 1.165) is 19.4 Å². The molecular weight excluding hydrogens is 234 g/mol. The first-order valence-electron chi connectivity index (χ1n) is 8.64. The summed E-state index contributed by atoms with van der Waals surface area (Å²) in [5, 5.41) is 13.1. The van der Waals surface area contributed by atoms with Crippen molar-refractivity contribution in [2.75, 3.05) is 13.6 Å². The van der Waals surface area contributed by atoms with E-state index in [-0.39, 0.29) is 6.10 Å². The summed E-state index contributed by atoms with van der Waals surface area (Å²) in [7, 11) is 2.02. The molecule has 0 fully saturated rings. The molecule has 0 aromatic rings. The third-order valence-electron chi connectivity index (χ3n) is 3.86.